The molecule has 19 heavy (non-hydrogen) atoms. The number of rotatable bonds is 6. The Morgan fingerprint density at radius 1 is 1.37 bits per heavy atom. The topological polar surface area (TPSA) is 24.5 Å². The second kappa shape index (κ2) is 7.46. The maximum absolute atomic E-state index is 12.7. The van der Waals surface area contributed by atoms with Crippen molar-refractivity contribution in [3.8, 4) is 0 Å². The maximum Gasteiger partial charge on any atom is 0.123 e. The van der Waals surface area contributed by atoms with Gasteiger partial charge in [-0.1, -0.05) is 0 Å². The highest BCUT2D eigenvalue weighted by Crippen LogP contribution is 2.14. The number of ether oxygens (including phenoxy) is 1. The van der Waals surface area contributed by atoms with Crippen molar-refractivity contribution in [3.63, 3.8) is 0 Å². The number of hydrogen-bond donors (Lipinski definition) is 1. The Labute approximate surface area is 114 Å². The van der Waals surface area contributed by atoms with Crippen molar-refractivity contribution in [1.29, 1.82) is 0 Å². The van der Waals surface area contributed by atoms with E-state index in [9.17, 15) is 4.39 Å². The molecule has 3 nitrogen and oxygen atoms in total. The first-order valence-electron chi connectivity index (χ1n) is 7.00. The van der Waals surface area contributed by atoms with Crippen LogP contribution in [0.15, 0.2) is 24.3 Å². The van der Waals surface area contributed by atoms with Gasteiger partial charge < -0.3 is 15.0 Å². The van der Waals surface area contributed by atoms with E-state index in [-0.39, 0.29) is 5.82 Å². The third-order valence-electron chi connectivity index (χ3n) is 3.49. The van der Waals surface area contributed by atoms with Crippen LogP contribution < -0.4 is 5.32 Å². The number of likely N-dealkylation sites (N-methyl/N-ethyl adjacent to an activating group) is 1. The van der Waals surface area contributed by atoms with Gasteiger partial charge >= 0.3 is 0 Å². The van der Waals surface area contributed by atoms with Crippen molar-refractivity contribution in [2.24, 2.45) is 5.92 Å². The summed E-state index contributed by atoms with van der Waals surface area (Å²) in [6, 6.07) is 6.49. The summed E-state index contributed by atoms with van der Waals surface area (Å²) in [6.07, 6.45) is 2.46. The molecule has 1 aromatic rings. The summed E-state index contributed by atoms with van der Waals surface area (Å²) in [5, 5.41) is 3.30. The Kier molecular flexibility index (Phi) is 5.61. The van der Waals surface area contributed by atoms with E-state index in [2.05, 4.69) is 17.3 Å². The summed E-state index contributed by atoms with van der Waals surface area (Å²) in [5.74, 6) is 0.476. The van der Waals surface area contributed by atoms with Gasteiger partial charge in [0.25, 0.3) is 0 Å². The third-order valence-corrected chi connectivity index (χ3v) is 3.49. The van der Waals surface area contributed by atoms with Crippen molar-refractivity contribution in [1.82, 2.24) is 4.90 Å². The normalized spacial score (nSPS) is 19.6. The van der Waals surface area contributed by atoms with E-state index < -0.39 is 0 Å². The molecule has 0 aromatic heterocycles. The van der Waals surface area contributed by atoms with Gasteiger partial charge in [0.15, 0.2) is 0 Å². The molecule has 1 aromatic carbocycles. The van der Waals surface area contributed by atoms with Crippen LogP contribution in [-0.2, 0) is 4.74 Å². The van der Waals surface area contributed by atoms with Crippen LogP contribution in [0.1, 0.15) is 12.8 Å². The molecule has 0 radical (unpaired) electrons. The summed E-state index contributed by atoms with van der Waals surface area (Å²) >= 11 is 0. The Hall–Kier alpha value is -1.13. The maximum atomic E-state index is 12.7. The summed E-state index contributed by atoms with van der Waals surface area (Å²) < 4.78 is 18.2. The SMILES string of the molecule is CN(CCNc1ccc(F)cc1)CC1CCCOC1. The predicted octanol–water partition coefficient (Wildman–Crippen LogP) is 2.60. The summed E-state index contributed by atoms with van der Waals surface area (Å²) in [6.45, 7) is 4.76. The van der Waals surface area contributed by atoms with Gasteiger partial charge in [0, 0.05) is 31.9 Å². The second-order valence-electron chi connectivity index (χ2n) is 5.28. The van der Waals surface area contributed by atoms with Crippen LogP contribution >= 0.6 is 0 Å². The monoisotopic (exact) mass is 266 g/mol. The molecular weight excluding hydrogens is 243 g/mol. The van der Waals surface area contributed by atoms with Gasteiger partial charge in [-0.05, 0) is 50.1 Å². The molecule has 0 aliphatic carbocycles. The first-order valence-corrected chi connectivity index (χ1v) is 7.00. The summed E-state index contributed by atoms with van der Waals surface area (Å²) in [7, 11) is 2.14. The Bertz CT molecular complexity index is 363. The zero-order chi connectivity index (χ0) is 13.5. The Morgan fingerprint density at radius 3 is 2.84 bits per heavy atom. The van der Waals surface area contributed by atoms with Gasteiger partial charge in [0.2, 0.25) is 0 Å². The summed E-state index contributed by atoms with van der Waals surface area (Å²) in [4.78, 5) is 2.33. The predicted molar refractivity (Wildman–Crippen MR) is 75.9 cm³/mol. The lowest BCUT2D eigenvalue weighted by molar-refractivity contribution is 0.0425. The van der Waals surface area contributed by atoms with E-state index >= 15 is 0 Å². The van der Waals surface area contributed by atoms with Crippen LogP contribution in [0.25, 0.3) is 0 Å². The van der Waals surface area contributed by atoms with Gasteiger partial charge in [-0.15, -0.1) is 0 Å². The molecule has 1 N–H and O–H groups in total. The zero-order valence-electron chi connectivity index (χ0n) is 11.6. The van der Waals surface area contributed by atoms with Crippen molar-refractivity contribution < 1.29 is 9.13 Å². The minimum absolute atomic E-state index is 0.194. The van der Waals surface area contributed by atoms with Crippen molar-refractivity contribution >= 4 is 5.69 Å². The molecule has 1 saturated heterocycles. The third kappa shape index (κ3) is 5.17. The quantitative estimate of drug-likeness (QED) is 0.856. The fourth-order valence-electron chi connectivity index (χ4n) is 2.44. The van der Waals surface area contributed by atoms with Gasteiger partial charge in [-0.3, -0.25) is 0 Å². The van der Waals surface area contributed by atoms with E-state index in [4.69, 9.17) is 4.74 Å². The smallest absolute Gasteiger partial charge is 0.123 e. The van der Waals surface area contributed by atoms with Crippen molar-refractivity contribution in [2.75, 3.05) is 45.2 Å². The van der Waals surface area contributed by atoms with Gasteiger partial charge in [-0.2, -0.15) is 0 Å². The van der Waals surface area contributed by atoms with E-state index in [1.807, 2.05) is 0 Å². The van der Waals surface area contributed by atoms with Gasteiger partial charge in [-0.25, -0.2) is 4.39 Å². The molecule has 0 saturated carbocycles. The average molecular weight is 266 g/mol. The minimum Gasteiger partial charge on any atom is -0.384 e. The molecule has 0 amide bonds. The number of anilines is 1. The molecule has 4 heteroatoms. The number of benzene rings is 1. The van der Waals surface area contributed by atoms with Crippen LogP contribution in [-0.4, -0.2) is 44.8 Å². The van der Waals surface area contributed by atoms with E-state index in [1.165, 1.54) is 25.0 Å². The molecule has 1 atom stereocenters. The molecule has 1 aliphatic heterocycles. The standard InChI is InChI=1S/C15H23FN2O/c1-18(11-13-3-2-10-19-12-13)9-8-17-15-6-4-14(16)5-7-15/h4-7,13,17H,2-3,8-12H2,1H3. The molecule has 2 rings (SSSR count). The molecule has 106 valence electrons. The number of nitrogens with one attached hydrogen (secondary N) is 1. The highest BCUT2D eigenvalue weighted by Gasteiger charge is 2.15. The Balaban J connectivity index is 1.63. The molecule has 1 heterocycles. The van der Waals surface area contributed by atoms with Crippen LogP contribution in [0.3, 0.4) is 0 Å². The fourth-order valence-corrected chi connectivity index (χ4v) is 2.44. The number of halogens is 1. The minimum atomic E-state index is -0.194. The molecular formula is C15H23FN2O. The number of hydrogen-bond acceptors (Lipinski definition) is 3. The van der Waals surface area contributed by atoms with E-state index in [1.54, 1.807) is 12.1 Å². The Morgan fingerprint density at radius 2 is 2.16 bits per heavy atom. The first kappa shape index (κ1) is 14.3. The average Bonchev–Trinajstić information content (AvgIpc) is 2.42. The fraction of sp³-hybridized carbons (Fsp3) is 0.600. The highest BCUT2D eigenvalue weighted by molar-refractivity contribution is 5.42. The largest absolute Gasteiger partial charge is 0.384 e. The van der Waals surface area contributed by atoms with Crippen LogP contribution in [0.2, 0.25) is 0 Å². The van der Waals surface area contributed by atoms with E-state index in [0.29, 0.717) is 5.92 Å². The molecule has 0 bridgehead atoms. The lowest BCUT2D eigenvalue weighted by atomic mass is 10.0. The van der Waals surface area contributed by atoms with Crippen molar-refractivity contribution in [3.05, 3.63) is 30.1 Å². The molecule has 1 unspecified atom stereocenters. The van der Waals surface area contributed by atoms with Crippen molar-refractivity contribution in [2.45, 2.75) is 12.8 Å². The number of nitrogens with zero attached hydrogens (tertiary/aromatic N) is 1. The highest BCUT2D eigenvalue weighted by atomic mass is 19.1. The lowest BCUT2D eigenvalue weighted by Crippen LogP contribution is -2.33. The molecule has 1 aliphatic rings. The van der Waals surface area contributed by atoms with Crippen LogP contribution in [0.4, 0.5) is 10.1 Å². The second-order valence-corrected chi connectivity index (χ2v) is 5.28. The zero-order valence-corrected chi connectivity index (χ0v) is 11.6. The lowest BCUT2D eigenvalue weighted by Gasteiger charge is -2.27. The van der Waals surface area contributed by atoms with Crippen LogP contribution in [0.5, 0.6) is 0 Å². The van der Waals surface area contributed by atoms with Crippen LogP contribution in [0, 0.1) is 11.7 Å². The summed E-state index contributed by atoms with van der Waals surface area (Å²) in [5.41, 5.74) is 0.968. The molecule has 0 spiro atoms. The molecule has 1 fully saturated rings. The van der Waals surface area contributed by atoms with Gasteiger partial charge in [0.1, 0.15) is 5.82 Å². The van der Waals surface area contributed by atoms with Gasteiger partial charge in [0.05, 0.1) is 6.61 Å². The first-order chi connectivity index (χ1) is 9.24. The van der Waals surface area contributed by atoms with E-state index in [0.717, 1.165) is 38.5 Å².